The number of benzene rings is 3. The number of halogens is 1. The molecule has 4 N–H and O–H groups in total. The van der Waals surface area contributed by atoms with E-state index in [2.05, 4.69) is 17.9 Å². The molecule has 4 nitrogen and oxygen atoms in total. The minimum Gasteiger partial charge on any atom is -0.504 e. The number of nitrogen functional groups attached to an aromatic ring is 1. The first kappa shape index (κ1) is 19.8. The van der Waals surface area contributed by atoms with Gasteiger partial charge in [-0.2, -0.15) is 0 Å². The Labute approximate surface area is 164 Å². The Morgan fingerprint density at radius 1 is 1.08 bits per heavy atom. The van der Waals surface area contributed by atoms with Crippen LogP contribution in [-0.2, 0) is 6.54 Å². The molecule has 0 aliphatic rings. The van der Waals surface area contributed by atoms with Gasteiger partial charge in [0.1, 0.15) is 0 Å². The van der Waals surface area contributed by atoms with Gasteiger partial charge in [-0.15, -0.1) is 12.6 Å². The number of hydrogen-bond acceptors (Lipinski definition) is 5. The first-order valence-corrected chi connectivity index (χ1v) is 8.71. The molecule has 0 bridgehead atoms. The average molecular weight is 389 g/mol. The van der Waals surface area contributed by atoms with Crippen molar-refractivity contribution in [3.8, 4) is 11.5 Å². The number of anilines is 2. The van der Waals surface area contributed by atoms with Gasteiger partial charge in [0, 0.05) is 33.4 Å². The van der Waals surface area contributed by atoms with Gasteiger partial charge in [-0.25, -0.2) is 0 Å². The lowest BCUT2D eigenvalue weighted by Gasteiger charge is -2.10. The molecule has 6 heteroatoms. The molecule has 0 amide bonds. The number of methoxy groups -OCH3 is 1. The minimum atomic E-state index is 0.179. The highest BCUT2D eigenvalue weighted by Crippen LogP contribution is 2.29. The molecule has 0 heterocycles. The van der Waals surface area contributed by atoms with Crippen molar-refractivity contribution in [2.75, 3.05) is 18.2 Å². The number of nitrogens with two attached hydrogens (primary N) is 1. The minimum absolute atomic E-state index is 0.179. The van der Waals surface area contributed by atoms with Crippen molar-refractivity contribution in [1.29, 1.82) is 0 Å². The summed E-state index contributed by atoms with van der Waals surface area (Å²) >= 11 is 9.79. The van der Waals surface area contributed by atoms with Gasteiger partial charge in [0.25, 0.3) is 0 Å². The van der Waals surface area contributed by atoms with Gasteiger partial charge in [0.05, 0.1) is 7.11 Å². The van der Waals surface area contributed by atoms with Crippen LogP contribution >= 0.6 is 24.2 Å². The fourth-order valence-electron chi connectivity index (χ4n) is 2.16. The third-order valence-corrected chi connectivity index (χ3v) is 4.03. The van der Waals surface area contributed by atoms with Crippen molar-refractivity contribution >= 4 is 35.6 Å². The van der Waals surface area contributed by atoms with E-state index in [-0.39, 0.29) is 5.75 Å². The van der Waals surface area contributed by atoms with Crippen molar-refractivity contribution in [1.82, 2.24) is 0 Å². The van der Waals surface area contributed by atoms with Gasteiger partial charge >= 0.3 is 0 Å². The molecule has 0 aliphatic carbocycles. The molecule has 0 fully saturated rings. The predicted molar refractivity (Wildman–Crippen MR) is 112 cm³/mol. The van der Waals surface area contributed by atoms with E-state index in [1.807, 2.05) is 42.5 Å². The van der Waals surface area contributed by atoms with Crippen molar-refractivity contribution in [3.05, 3.63) is 77.3 Å². The van der Waals surface area contributed by atoms with Gasteiger partial charge in [0.2, 0.25) is 0 Å². The molecular formula is C20H21ClN2O2S. The quantitative estimate of drug-likeness (QED) is 0.365. The normalized spacial score (nSPS) is 9.81. The van der Waals surface area contributed by atoms with Crippen LogP contribution < -0.4 is 15.8 Å². The summed E-state index contributed by atoms with van der Waals surface area (Å²) in [5, 5.41) is 13.8. The second kappa shape index (κ2) is 9.85. The summed E-state index contributed by atoms with van der Waals surface area (Å²) in [6.45, 7) is 0.537. The summed E-state index contributed by atoms with van der Waals surface area (Å²) < 4.78 is 5.07. The van der Waals surface area contributed by atoms with Gasteiger partial charge in [0.15, 0.2) is 11.5 Å². The third-order valence-electron chi connectivity index (χ3n) is 3.50. The van der Waals surface area contributed by atoms with Crippen LogP contribution in [0.2, 0.25) is 5.02 Å². The third kappa shape index (κ3) is 6.10. The van der Waals surface area contributed by atoms with Crippen LogP contribution in [0.5, 0.6) is 11.5 Å². The van der Waals surface area contributed by atoms with E-state index in [0.29, 0.717) is 23.0 Å². The molecule has 0 aromatic heterocycles. The standard InChI is InChI=1S/C14H15NO2S.C6H6ClN/c1-17-13-4-2-3-10(14(13)16)9-15-11-5-7-12(18)8-6-11;7-5-2-1-3-6(8)4-5/h2-8,15-16,18H,9H2,1H3;1-4H,8H2. The van der Waals surface area contributed by atoms with Crippen LogP contribution in [0.3, 0.4) is 0 Å². The largest absolute Gasteiger partial charge is 0.504 e. The predicted octanol–water partition coefficient (Wildman–Crippen LogP) is 5.22. The molecule has 26 heavy (non-hydrogen) atoms. The van der Waals surface area contributed by atoms with Crippen molar-refractivity contribution in [3.63, 3.8) is 0 Å². The Kier molecular flexibility index (Phi) is 7.51. The Hall–Kier alpha value is -2.50. The van der Waals surface area contributed by atoms with Crippen molar-refractivity contribution < 1.29 is 9.84 Å². The zero-order valence-electron chi connectivity index (χ0n) is 14.3. The van der Waals surface area contributed by atoms with Gasteiger partial charge in [-0.05, 0) is 48.5 Å². The SMILES string of the molecule is COc1cccc(CNc2ccc(S)cc2)c1O.Nc1cccc(Cl)c1. The van der Waals surface area contributed by atoms with E-state index >= 15 is 0 Å². The van der Waals surface area contributed by atoms with Crippen molar-refractivity contribution in [2.45, 2.75) is 11.4 Å². The van der Waals surface area contributed by atoms with E-state index in [4.69, 9.17) is 22.1 Å². The molecule has 0 radical (unpaired) electrons. The fourth-order valence-corrected chi connectivity index (χ4v) is 2.51. The zero-order valence-corrected chi connectivity index (χ0v) is 16.0. The number of phenols is 1. The number of ether oxygens (including phenoxy) is 1. The number of phenolic OH excluding ortho intramolecular Hbond substituents is 1. The maximum atomic E-state index is 9.93. The van der Waals surface area contributed by atoms with E-state index in [0.717, 1.165) is 16.1 Å². The van der Waals surface area contributed by atoms with E-state index in [9.17, 15) is 5.11 Å². The number of para-hydroxylation sites is 1. The summed E-state index contributed by atoms with van der Waals surface area (Å²) in [6.07, 6.45) is 0. The van der Waals surface area contributed by atoms with Crippen LogP contribution in [0.1, 0.15) is 5.56 Å². The first-order chi connectivity index (χ1) is 12.5. The van der Waals surface area contributed by atoms with Gasteiger partial charge in [-0.1, -0.05) is 29.8 Å². The lowest BCUT2D eigenvalue weighted by atomic mass is 10.2. The maximum Gasteiger partial charge on any atom is 0.162 e. The molecule has 0 saturated heterocycles. The van der Waals surface area contributed by atoms with Crippen LogP contribution in [0.25, 0.3) is 0 Å². The first-order valence-electron chi connectivity index (χ1n) is 7.88. The highest BCUT2D eigenvalue weighted by molar-refractivity contribution is 7.80. The lowest BCUT2D eigenvalue weighted by molar-refractivity contribution is 0.371. The maximum absolute atomic E-state index is 9.93. The molecule has 136 valence electrons. The summed E-state index contributed by atoms with van der Waals surface area (Å²) in [6, 6.07) is 20.3. The molecule has 3 aromatic carbocycles. The Balaban J connectivity index is 0.000000254. The summed E-state index contributed by atoms with van der Waals surface area (Å²) in [7, 11) is 1.54. The van der Waals surface area contributed by atoms with E-state index in [1.54, 1.807) is 24.3 Å². The van der Waals surface area contributed by atoms with Crippen LogP contribution in [0, 0.1) is 0 Å². The van der Waals surface area contributed by atoms with Crippen molar-refractivity contribution in [2.24, 2.45) is 0 Å². The Bertz CT molecular complexity index is 824. The molecule has 0 spiro atoms. The summed E-state index contributed by atoms with van der Waals surface area (Å²) in [4.78, 5) is 0.921. The topological polar surface area (TPSA) is 67.5 Å². The molecule has 0 unspecified atom stereocenters. The van der Waals surface area contributed by atoms with E-state index < -0.39 is 0 Å². The highest BCUT2D eigenvalue weighted by atomic mass is 35.5. The fraction of sp³-hybridized carbons (Fsp3) is 0.100. The second-order valence-electron chi connectivity index (χ2n) is 5.42. The van der Waals surface area contributed by atoms with E-state index in [1.165, 1.54) is 7.11 Å². The monoisotopic (exact) mass is 388 g/mol. The average Bonchev–Trinajstić information content (AvgIpc) is 2.62. The molecule has 0 saturated carbocycles. The highest BCUT2D eigenvalue weighted by Gasteiger charge is 2.06. The Morgan fingerprint density at radius 2 is 1.77 bits per heavy atom. The number of thiol groups is 1. The number of nitrogens with one attached hydrogen (secondary N) is 1. The second-order valence-corrected chi connectivity index (χ2v) is 6.38. The van der Waals surface area contributed by atoms with Crippen LogP contribution in [0.15, 0.2) is 71.6 Å². The lowest BCUT2D eigenvalue weighted by Crippen LogP contribution is -2.00. The van der Waals surface area contributed by atoms with Gasteiger partial charge < -0.3 is 20.9 Å². The summed E-state index contributed by atoms with van der Waals surface area (Å²) in [5.41, 5.74) is 7.86. The van der Waals surface area contributed by atoms with Crippen LogP contribution in [-0.4, -0.2) is 12.2 Å². The number of aromatic hydroxyl groups is 1. The smallest absolute Gasteiger partial charge is 0.162 e. The summed E-state index contributed by atoms with van der Waals surface area (Å²) in [5.74, 6) is 0.665. The molecular weight excluding hydrogens is 368 g/mol. The molecule has 0 atom stereocenters. The zero-order chi connectivity index (χ0) is 18.9. The molecule has 3 aromatic rings. The number of hydrogen-bond donors (Lipinski definition) is 4. The Morgan fingerprint density at radius 3 is 2.35 bits per heavy atom. The number of rotatable bonds is 4. The van der Waals surface area contributed by atoms with Gasteiger partial charge in [-0.3, -0.25) is 0 Å². The molecule has 0 aliphatic heterocycles. The van der Waals surface area contributed by atoms with Crippen LogP contribution in [0.4, 0.5) is 11.4 Å². The molecule has 3 rings (SSSR count).